The number of hydrogen-bond donors (Lipinski definition) is 0. The van der Waals surface area contributed by atoms with Crippen molar-refractivity contribution in [3.8, 4) is 0 Å². The molecule has 0 bridgehead atoms. The Morgan fingerprint density at radius 3 is 2.47 bits per heavy atom. The summed E-state index contributed by atoms with van der Waals surface area (Å²) in [5, 5.41) is 1.24. The molecule has 1 aromatic heterocycles. The number of para-hydroxylation sites is 1. The average molecular weight is 217 g/mol. The van der Waals surface area contributed by atoms with Crippen molar-refractivity contribution in [2.45, 2.75) is 13.8 Å². The molecule has 0 aliphatic rings. The van der Waals surface area contributed by atoms with Gasteiger partial charge in [-0.3, -0.25) is 0 Å². The Hall–Kier alpha value is -0.940. The summed E-state index contributed by atoms with van der Waals surface area (Å²) in [6.07, 6.45) is 2.47. The van der Waals surface area contributed by atoms with Crippen LogP contribution in [0.4, 0.5) is 0 Å². The molecule has 0 N–H and O–H groups in total. The van der Waals surface area contributed by atoms with Crippen LogP contribution in [-0.2, 0) is 0 Å². The Labute approximate surface area is 92.3 Å². The molecule has 0 saturated heterocycles. The monoisotopic (exact) mass is 217 g/mol. The smallest absolute Gasteiger partial charge is 0.0709 e. The molecule has 1 nitrogen and oxygen atoms in total. The van der Waals surface area contributed by atoms with Crippen molar-refractivity contribution in [3.05, 3.63) is 36.4 Å². The highest BCUT2D eigenvalue weighted by molar-refractivity contribution is 7.65. The topological polar surface area (TPSA) is 12.9 Å². The number of rotatable bonds is 3. The lowest BCUT2D eigenvalue weighted by Gasteiger charge is -2.12. The third kappa shape index (κ3) is 2.18. The fourth-order valence-corrected chi connectivity index (χ4v) is 3.41. The van der Waals surface area contributed by atoms with Crippen LogP contribution in [0.15, 0.2) is 36.4 Å². The van der Waals surface area contributed by atoms with Crippen LogP contribution in [0, 0.1) is 0 Å². The van der Waals surface area contributed by atoms with E-state index in [-0.39, 0.29) is 7.92 Å². The van der Waals surface area contributed by atoms with E-state index in [1.54, 1.807) is 0 Å². The normalized spacial score (nSPS) is 11.1. The standard InChI is InChI=1S/C13H16NP/c1-3-15(4-2)13-10-9-11-7-5-6-8-12(11)14-13/h5-10H,3-4H2,1-2H3. The minimum absolute atomic E-state index is 0.0357. The summed E-state index contributed by atoms with van der Waals surface area (Å²) >= 11 is 0. The molecule has 78 valence electrons. The van der Waals surface area contributed by atoms with E-state index in [1.165, 1.54) is 23.1 Å². The lowest BCUT2D eigenvalue weighted by Crippen LogP contribution is -2.08. The number of aromatic nitrogens is 1. The molecule has 0 radical (unpaired) electrons. The van der Waals surface area contributed by atoms with E-state index in [2.05, 4.69) is 50.2 Å². The fraction of sp³-hybridized carbons (Fsp3) is 0.308. The highest BCUT2D eigenvalue weighted by Crippen LogP contribution is 2.32. The highest BCUT2D eigenvalue weighted by atomic mass is 31.1. The van der Waals surface area contributed by atoms with Gasteiger partial charge in [0.2, 0.25) is 0 Å². The molecule has 2 heteroatoms. The molecule has 1 heterocycles. The van der Waals surface area contributed by atoms with Gasteiger partial charge in [-0.25, -0.2) is 4.98 Å². The maximum atomic E-state index is 4.75. The van der Waals surface area contributed by atoms with Gasteiger partial charge in [0.05, 0.1) is 11.0 Å². The molecule has 0 spiro atoms. The van der Waals surface area contributed by atoms with Crippen LogP contribution in [0.1, 0.15) is 13.8 Å². The van der Waals surface area contributed by atoms with Gasteiger partial charge >= 0.3 is 0 Å². The van der Waals surface area contributed by atoms with Gasteiger partial charge in [0.15, 0.2) is 0 Å². The number of fused-ring (bicyclic) bond motifs is 1. The SMILES string of the molecule is CCP(CC)c1ccc2ccccc2n1. The largest absolute Gasteiger partial charge is 0.248 e. The zero-order valence-electron chi connectivity index (χ0n) is 9.27. The quantitative estimate of drug-likeness (QED) is 0.718. The second-order valence-corrected chi connectivity index (χ2v) is 6.34. The molecule has 0 aliphatic carbocycles. The molecule has 0 saturated carbocycles. The Balaban J connectivity index is 2.46. The predicted octanol–water partition coefficient (Wildman–Crippen LogP) is 3.38. The van der Waals surface area contributed by atoms with Crippen LogP contribution >= 0.6 is 7.92 Å². The van der Waals surface area contributed by atoms with Crippen LogP contribution in [0.2, 0.25) is 0 Å². The van der Waals surface area contributed by atoms with Crippen molar-refractivity contribution in [1.29, 1.82) is 0 Å². The first-order valence-electron chi connectivity index (χ1n) is 5.46. The minimum atomic E-state index is -0.0357. The third-order valence-electron chi connectivity index (χ3n) is 2.67. The van der Waals surface area contributed by atoms with E-state index < -0.39 is 0 Å². The van der Waals surface area contributed by atoms with Gasteiger partial charge in [-0.15, -0.1) is 0 Å². The van der Waals surface area contributed by atoms with Crippen molar-refractivity contribution >= 4 is 24.3 Å². The van der Waals surface area contributed by atoms with Crippen LogP contribution < -0.4 is 5.44 Å². The minimum Gasteiger partial charge on any atom is -0.248 e. The first kappa shape index (κ1) is 10.6. The zero-order valence-corrected chi connectivity index (χ0v) is 10.2. The number of pyridine rings is 1. The third-order valence-corrected chi connectivity index (χ3v) is 5.10. The zero-order chi connectivity index (χ0) is 10.7. The van der Waals surface area contributed by atoms with Gasteiger partial charge in [-0.05, 0) is 24.5 Å². The molecule has 0 unspecified atom stereocenters. The first-order valence-corrected chi connectivity index (χ1v) is 7.17. The van der Waals surface area contributed by atoms with E-state index in [0.29, 0.717) is 0 Å². The fourth-order valence-electron chi connectivity index (χ4n) is 1.78. The summed E-state index contributed by atoms with van der Waals surface area (Å²) in [5.41, 5.74) is 2.43. The van der Waals surface area contributed by atoms with Crippen LogP contribution in [0.3, 0.4) is 0 Å². The molecule has 0 fully saturated rings. The molecule has 2 aromatic rings. The summed E-state index contributed by atoms with van der Waals surface area (Å²) in [5.74, 6) is 0. The Morgan fingerprint density at radius 2 is 1.73 bits per heavy atom. The number of nitrogens with zero attached hydrogens (tertiary/aromatic N) is 1. The second kappa shape index (κ2) is 4.72. The van der Waals surface area contributed by atoms with E-state index >= 15 is 0 Å². The molecular weight excluding hydrogens is 201 g/mol. The molecule has 15 heavy (non-hydrogen) atoms. The van der Waals surface area contributed by atoms with Crippen molar-refractivity contribution in [2.75, 3.05) is 12.3 Å². The molecule has 2 rings (SSSR count). The van der Waals surface area contributed by atoms with Gasteiger partial charge in [-0.1, -0.05) is 46.0 Å². The summed E-state index contributed by atoms with van der Waals surface area (Å²) in [6, 6.07) is 12.7. The van der Waals surface area contributed by atoms with Crippen LogP contribution in [0.5, 0.6) is 0 Å². The average Bonchev–Trinajstić information content (AvgIpc) is 2.30. The summed E-state index contributed by atoms with van der Waals surface area (Å²) in [6.45, 7) is 4.51. The van der Waals surface area contributed by atoms with Gasteiger partial charge in [0.1, 0.15) is 0 Å². The Kier molecular flexibility index (Phi) is 3.33. The molecule has 1 aromatic carbocycles. The number of benzene rings is 1. The van der Waals surface area contributed by atoms with Crippen molar-refractivity contribution < 1.29 is 0 Å². The Bertz CT molecular complexity index is 449. The lowest BCUT2D eigenvalue weighted by atomic mass is 10.2. The molecule has 0 aliphatic heterocycles. The lowest BCUT2D eigenvalue weighted by molar-refractivity contribution is 1.39. The predicted molar refractivity (Wildman–Crippen MR) is 69.4 cm³/mol. The number of hydrogen-bond acceptors (Lipinski definition) is 1. The van der Waals surface area contributed by atoms with Gasteiger partial charge in [0, 0.05) is 5.39 Å². The Morgan fingerprint density at radius 1 is 1.00 bits per heavy atom. The summed E-state index contributed by atoms with van der Waals surface area (Å²) < 4.78 is 0. The molecular formula is C13H16NP. The van der Waals surface area contributed by atoms with Gasteiger partial charge < -0.3 is 0 Å². The summed E-state index contributed by atoms with van der Waals surface area (Å²) in [7, 11) is -0.0357. The first-order chi connectivity index (χ1) is 7.35. The van der Waals surface area contributed by atoms with Crippen molar-refractivity contribution in [2.24, 2.45) is 0 Å². The maximum Gasteiger partial charge on any atom is 0.0709 e. The molecule has 0 amide bonds. The second-order valence-electron chi connectivity index (χ2n) is 3.53. The van der Waals surface area contributed by atoms with E-state index in [1.807, 2.05) is 0 Å². The van der Waals surface area contributed by atoms with E-state index in [0.717, 1.165) is 5.52 Å². The van der Waals surface area contributed by atoms with Crippen molar-refractivity contribution in [1.82, 2.24) is 4.98 Å². The maximum absolute atomic E-state index is 4.75. The van der Waals surface area contributed by atoms with Gasteiger partial charge in [-0.2, -0.15) is 0 Å². The highest BCUT2D eigenvalue weighted by Gasteiger charge is 2.07. The summed E-state index contributed by atoms with van der Waals surface area (Å²) in [4.78, 5) is 4.75. The van der Waals surface area contributed by atoms with Crippen LogP contribution in [0.25, 0.3) is 10.9 Å². The van der Waals surface area contributed by atoms with Crippen LogP contribution in [-0.4, -0.2) is 17.3 Å². The molecule has 0 atom stereocenters. The van der Waals surface area contributed by atoms with Crippen molar-refractivity contribution in [3.63, 3.8) is 0 Å². The van der Waals surface area contributed by atoms with E-state index in [4.69, 9.17) is 4.98 Å². The van der Waals surface area contributed by atoms with E-state index in [9.17, 15) is 0 Å². The van der Waals surface area contributed by atoms with Gasteiger partial charge in [0.25, 0.3) is 0 Å².